The third-order valence-electron chi connectivity index (χ3n) is 5.22. The van der Waals surface area contributed by atoms with Crippen molar-refractivity contribution in [2.75, 3.05) is 25.1 Å². The molecule has 2 aromatic rings. The first-order valence-corrected chi connectivity index (χ1v) is 8.72. The van der Waals surface area contributed by atoms with Gasteiger partial charge in [0.2, 0.25) is 11.9 Å². The second-order valence-corrected chi connectivity index (χ2v) is 6.57. The minimum Gasteiger partial charge on any atom is -0.497 e. The molecule has 0 saturated carbocycles. The van der Waals surface area contributed by atoms with Crippen LogP contribution in [-0.4, -0.2) is 53.1 Å². The Kier molecular flexibility index (Phi) is 4.26. The molecule has 0 unspecified atom stereocenters. The summed E-state index contributed by atoms with van der Waals surface area (Å²) in [5.74, 6) is 1.79. The van der Waals surface area contributed by atoms with Crippen LogP contribution in [0.15, 0.2) is 42.7 Å². The third kappa shape index (κ3) is 3.04. The molecule has 2 saturated heterocycles. The second-order valence-electron chi connectivity index (χ2n) is 6.57. The maximum Gasteiger partial charge on any atom is 0.227 e. The number of benzene rings is 1. The first-order valence-electron chi connectivity index (χ1n) is 8.72. The number of anilines is 1. The molecule has 0 radical (unpaired) electrons. The molecule has 130 valence electrons. The third-order valence-corrected chi connectivity index (χ3v) is 5.22. The van der Waals surface area contributed by atoms with Crippen LogP contribution in [0.1, 0.15) is 18.4 Å². The van der Waals surface area contributed by atoms with Crippen molar-refractivity contribution in [3.05, 3.63) is 48.3 Å². The number of ether oxygens (including phenoxy) is 1. The van der Waals surface area contributed by atoms with Crippen LogP contribution in [0.4, 0.5) is 5.95 Å². The Balaban J connectivity index is 1.43. The van der Waals surface area contributed by atoms with E-state index in [-0.39, 0.29) is 11.9 Å². The number of likely N-dealkylation sites (tertiary alicyclic amines) is 1. The lowest BCUT2D eigenvalue weighted by atomic mass is 10.1. The monoisotopic (exact) mass is 338 g/mol. The Bertz CT molecular complexity index is 735. The van der Waals surface area contributed by atoms with E-state index in [1.165, 1.54) is 0 Å². The Labute approximate surface area is 147 Å². The highest BCUT2D eigenvalue weighted by Gasteiger charge is 2.45. The number of rotatable bonds is 4. The van der Waals surface area contributed by atoms with Crippen molar-refractivity contribution < 1.29 is 9.53 Å². The number of methoxy groups -OCH3 is 1. The lowest BCUT2D eigenvalue weighted by molar-refractivity contribution is -0.131. The van der Waals surface area contributed by atoms with Crippen LogP contribution >= 0.6 is 0 Å². The van der Waals surface area contributed by atoms with Gasteiger partial charge in [0, 0.05) is 25.5 Å². The SMILES string of the molecule is COc1ccc(CC(=O)N2CC[C@@H]3[C@@H]2CCN3c2ncccn2)cc1. The Morgan fingerprint density at radius 3 is 2.56 bits per heavy atom. The van der Waals surface area contributed by atoms with Crippen LogP contribution in [-0.2, 0) is 11.2 Å². The normalized spacial score (nSPS) is 22.1. The van der Waals surface area contributed by atoms with Crippen molar-refractivity contribution in [3.63, 3.8) is 0 Å². The van der Waals surface area contributed by atoms with E-state index in [9.17, 15) is 4.79 Å². The molecule has 3 heterocycles. The molecule has 2 aliphatic rings. The topological polar surface area (TPSA) is 58.6 Å². The highest BCUT2D eigenvalue weighted by molar-refractivity contribution is 5.79. The number of hydrogen-bond donors (Lipinski definition) is 0. The van der Waals surface area contributed by atoms with E-state index in [0.29, 0.717) is 12.5 Å². The van der Waals surface area contributed by atoms with Crippen LogP contribution < -0.4 is 9.64 Å². The summed E-state index contributed by atoms with van der Waals surface area (Å²) in [5, 5.41) is 0. The minimum atomic E-state index is 0.202. The summed E-state index contributed by atoms with van der Waals surface area (Å²) in [6.07, 6.45) is 5.96. The Hall–Kier alpha value is -2.63. The standard InChI is InChI=1S/C19H22N4O2/c1-25-15-5-3-14(4-6-15)13-18(24)22-11-7-17-16(22)8-12-23(17)19-20-9-2-10-21-19/h2-6,9-10,16-17H,7-8,11-13H2,1H3/t16-,17+/m0/s1. The molecule has 2 fully saturated rings. The zero-order valence-electron chi connectivity index (χ0n) is 14.3. The minimum absolute atomic E-state index is 0.202. The van der Waals surface area contributed by atoms with Gasteiger partial charge in [-0.1, -0.05) is 12.1 Å². The first kappa shape index (κ1) is 15.9. The van der Waals surface area contributed by atoms with Gasteiger partial charge in [0.1, 0.15) is 5.75 Å². The summed E-state index contributed by atoms with van der Waals surface area (Å²) in [6, 6.07) is 10.2. The van der Waals surface area contributed by atoms with E-state index >= 15 is 0 Å². The predicted molar refractivity (Wildman–Crippen MR) is 94.6 cm³/mol. The molecule has 0 bridgehead atoms. The van der Waals surface area contributed by atoms with Crippen molar-refractivity contribution in [1.29, 1.82) is 0 Å². The van der Waals surface area contributed by atoms with Crippen LogP contribution in [0.2, 0.25) is 0 Å². The summed E-state index contributed by atoms with van der Waals surface area (Å²) in [7, 11) is 1.65. The molecule has 0 N–H and O–H groups in total. The summed E-state index contributed by atoms with van der Waals surface area (Å²) >= 11 is 0. The van der Waals surface area contributed by atoms with Crippen molar-refractivity contribution in [3.8, 4) is 5.75 Å². The highest BCUT2D eigenvalue weighted by Crippen LogP contribution is 2.33. The summed E-state index contributed by atoms with van der Waals surface area (Å²) in [4.78, 5) is 25.9. The Morgan fingerprint density at radius 1 is 1.12 bits per heavy atom. The van der Waals surface area contributed by atoms with E-state index in [1.54, 1.807) is 19.5 Å². The van der Waals surface area contributed by atoms with Gasteiger partial charge < -0.3 is 14.5 Å². The van der Waals surface area contributed by atoms with Crippen molar-refractivity contribution in [1.82, 2.24) is 14.9 Å². The van der Waals surface area contributed by atoms with Gasteiger partial charge in [-0.05, 0) is 36.6 Å². The number of carbonyl (C=O) groups excluding carboxylic acids is 1. The number of nitrogens with zero attached hydrogens (tertiary/aromatic N) is 4. The number of carbonyl (C=O) groups is 1. The highest BCUT2D eigenvalue weighted by atomic mass is 16.5. The molecule has 2 atom stereocenters. The van der Waals surface area contributed by atoms with Crippen molar-refractivity contribution in [2.45, 2.75) is 31.3 Å². The van der Waals surface area contributed by atoms with E-state index in [2.05, 4.69) is 19.8 Å². The van der Waals surface area contributed by atoms with Crippen LogP contribution in [0, 0.1) is 0 Å². The lowest BCUT2D eigenvalue weighted by Gasteiger charge is -2.25. The van der Waals surface area contributed by atoms with Gasteiger partial charge >= 0.3 is 0 Å². The largest absolute Gasteiger partial charge is 0.497 e. The van der Waals surface area contributed by atoms with Gasteiger partial charge in [0.25, 0.3) is 0 Å². The maximum absolute atomic E-state index is 12.8. The van der Waals surface area contributed by atoms with Gasteiger partial charge in [-0.2, -0.15) is 0 Å². The lowest BCUT2D eigenvalue weighted by Crippen LogP contribution is -2.40. The summed E-state index contributed by atoms with van der Waals surface area (Å²) in [6.45, 7) is 1.72. The van der Waals surface area contributed by atoms with E-state index in [1.807, 2.05) is 30.3 Å². The quantitative estimate of drug-likeness (QED) is 0.852. The molecule has 25 heavy (non-hydrogen) atoms. The van der Waals surface area contributed by atoms with Crippen molar-refractivity contribution in [2.24, 2.45) is 0 Å². The van der Waals surface area contributed by atoms with Gasteiger partial charge in [0.15, 0.2) is 0 Å². The average molecular weight is 338 g/mol. The zero-order chi connectivity index (χ0) is 17.2. The summed E-state index contributed by atoms with van der Waals surface area (Å²) in [5.41, 5.74) is 1.02. The Morgan fingerprint density at radius 2 is 1.84 bits per heavy atom. The average Bonchev–Trinajstić information content (AvgIpc) is 3.25. The molecule has 6 heteroatoms. The van der Waals surface area contributed by atoms with Gasteiger partial charge in [-0.3, -0.25) is 4.79 Å². The summed E-state index contributed by atoms with van der Waals surface area (Å²) < 4.78 is 5.17. The van der Waals surface area contributed by atoms with Gasteiger partial charge in [-0.25, -0.2) is 9.97 Å². The smallest absolute Gasteiger partial charge is 0.227 e. The number of fused-ring (bicyclic) bond motifs is 1. The number of aromatic nitrogens is 2. The van der Waals surface area contributed by atoms with E-state index in [0.717, 1.165) is 43.2 Å². The van der Waals surface area contributed by atoms with Gasteiger partial charge in [-0.15, -0.1) is 0 Å². The molecular formula is C19H22N4O2. The molecule has 1 amide bonds. The zero-order valence-corrected chi connectivity index (χ0v) is 14.3. The molecule has 2 aliphatic heterocycles. The van der Waals surface area contributed by atoms with Crippen molar-refractivity contribution >= 4 is 11.9 Å². The number of hydrogen-bond acceptors (Lipinski definition) is 5. The second kappa shape index (κ2) is 6.70. The number of amides is 1. The molecule has 0 aliphatic carbocycles. The maximum atomic E-state index is 12.8. The van der Waals surface area contributed by atoms with Crippen LogP contribution in [0.3, 0.4) is 0 Å². The predicted octanol–water partition coefficient (Wildman–Crippen LogP) is 1.91. The fourth-order valence-electron chi connectivity index (χ4n) is 4.00. The van der Waals surface area contributed by atoms with Crippen LogP contribution in [0.25, 0.3) is 0 Å². The molecule has 4 rings (SSSR count). The van der Waals surface area contributed by atoms with E-state index in [4.69, 9.17) is 4.74 Å². The van der Waals surface area contributed by atoms with Crippen LogP contribution in [0.5, 0.6) is 5.75 Å². The molecule has 6 nitrogen and oxygen atoms in total. The van der Waals surface area contributed by atoms with Gasteiger partial charge in [0.05, 0.1) is 25.6 Å². The fraction of sp³-hybridized carbons (Fsp3) is 0.421. The van der Waals surface area contributed by atoms with E-state index < -0.39 is 0 Å². The fourth-order valence-corrected chi connectivity index (χ4v) is 4.00. The molecule has 0 spiro atoms. The molecule has 1 aromatic carbocycles. The molecule has 1 aromatic heterocycles. The first-order chi connectivity index (χ1) is 12.3. The molecular weight excluding hydrogens is 316 g/mol.